The molecule has 4 rings (SSSR count). The molecule has 1 fully saturated rings. The minimum absolute atomic E-state index is 0.0201. The first-order valence-corrected chi connectivity index (χ1v) is 16.9. The summed E-state index contributed by atoms with van der Waals surface area (Å²) in [6.45, 7) is 9.23. The molecule has 2 aromatic carbocycles. The van der Waals surface area contributed by atoms with Crippen LogP contribution >= 0.6 is 23.2 Å². The Kier molecular flexibility index (Phi) is 12.9. The van der Waals surface area contributed by atoms with Crippen molar-refractivity contribution < 1.29 is 38.1 Å². The average molecular weight is 704 g/mol. The highest BCUT2D eigenvalue weighted by Gasteiger charge is 2.48. The van der Waals surface area contributed by atoms with Gasteiger partial charge in [0.2, 0.25) is 11.8 Å². The Balaban J connectivity index is 1.59. The largest absolute Gasteiger partial charge is 0.495 e. The molecule has 0 bridgehead atoms. The summed E-state index contributed by atoms with van der Waals surface area (Å²) in [7, 11) is 1.50. The zero-order chi connectivity index (χ0) is 35.1. The van der Waals surface area contributed by atoms with Crippen molar-refractivity contribution in [3.05, 3.63) is 75.3 Å². The molecule has 12 heteroatoms. The molecule has 2 aliphatic heterocycles. The van der Waals surface area contributed by atoms with E-state index < -0.39 is 47.9 Å². The van der Waals surface area contributed by atoms with Gasteiger partial charge in [-0.2, -0.15) is 0 Å². The van der Waals surface area contributed by atoms with Crippen LogP contribution in [0, 0.1) is 24.7 Å². The normalized spacial score (nSPS) is 26.9. The number of ether oxygens (including phenoxy) is 4. The lowest BCUT2D eigenvalue weighted by Gasteiger charge is -2.27. The highest BCUT2D eigenvalue weighted by Crippen LogP contribution is 2.46. The maximum atomic E-state index is 13.5. The van der Waals surface area contributed by atoms with E-state index in [1.807, 2.05) is 45.9 Å². The zero-order valence-corrected chi connectivity index (χ0v) is 29.6. The van der Waals surface area contributed by atoms with Gasteiger partial charge in [-0.05, 0) is 66.3 Å². The van der Waals surface area contributed by atoms with Gasteiger partial charge in [0, 0.05) is 30.3 Å². The number of aryl methyl sites for hydroxylation is 1. The number of hydrogen-bond donors (Lipinski definition) is 2. The maximum absolute atomic E-state index is 13.5. The van der Waals surface area contributed by atoms with Crippen molar-refractivity contribution in [1.82, 2.24) is 10.6 Å². The standard InChI is InChI=1S/C36H44Cl2N2O8/c1-19(2)14-30-36(44)46-28(22(5)32-33(48-32)25-12-11-24(37)15-20(25)3)8-7-9-31(41)40-27(34(42)39-18-21(4)35(43)47-30)17-23-10-13-29(45-6)26(38)16-23/h7,9-13,15-16,19,21-22,27-28,30,32-33H,8,14,17-18H2,1-6H3,(H,39,42)(H,40,41)/b9-7+/t21-,22+,27-,28+,30+,32-,33?/m1/s1. The molecule has 2 heterocycles. The number of epoxide rings is 1. The molecule has 0 aliphatic carbocycles. The lowest BCUT2D eigenvalue weighted by Crippen LogP contribution is -2.49. The van der Waals surface area contributed by atoms with Crippen molar-refractivity contribution in [2.75, 3.05) is 13.7 Å². The van der Waals surface area contributed by atoms with Gasteiger partial charge in [0.15, 0.2) is 6.10 Å². The summed E-state index contributed by atoms with van der Waals surface area (Å²) in [6, 6.07) is 9.74. The van der Waals surface area contributed by atoms with Crippen molar-refractivity contribution in [2.45, 2.75) is 84.3 Å². The number of hydrogen-bond acceptors (Lipinski definition) is 8. The van der Waals surface area contributed by atoms with Gasteiger partial charge >= 0.3 is 11.9 Å². The van der Waals surface area contributed by atoms with Crippen LogP contribution in [0.5, 0.6) is 5.75 Å². The molecule has 260 valence electrons. The van der Waals surface area contributed by atoms with Crippen molar-refractivity contribution in [1.29, 1.82) is 0 Å². The van der Waals surface area contributed by atoms with Gasteiger partial charge in [0.25, 0.3) is 0 Å². The number of methoxy groups -OCH3 is 1. The lowest BCUT2D eigenvalue weighted by atomic mass is 9.92. The van der Waals surface area contributed by atoms with Crippen LogP contribution in [0.25, 0.3) is 0 Å². The number of amides is 2. The molecule has 10 nitrogen and oxygen atoms in total. The Labute approximate surface area is 291 Å². The summed E-state index contributed by atoms with van der Waals surface area (Å²) in [5.41, 5.74) is 2.68. The molecule has 2 aliphatic rings. The average Bonchev–Trinajstić information content (AvgIpc) is 3.82. The van der Waals surface area contributed by atoms with Gasteiger partial charge in [-0.25, -0.2) is 4.79 Å². The molecule has 2 amide bonds. The summed E-state index contributed by atoms with van der Waals surface area (Å²) >= 11 is 12.5. The molecule has 1 unspecified atom stereocenters. The van der Waals surface area contributed by atoms with Crippen LogP contribution in [0.3, 0.4) is 0 Å². The van der Waals surface area contributed by atoms with Gasteiger partial charge in [0.05, 0.1) is 24.2 Å². The van der Waals surface area contributed by atoms with Crippen molar-refractivity contribution in [2.24, 2.45) is 17.8 Å². The number of halogens is 2. The summed E-state index contributed by atoms with van der Waals surface area (Å²) in [5, 5.41) is 6.48. The predicted molar refractivity (Wildman–Crippen MR) is 182 cm³/mol. The minimum Gasteiger partial charge on any atom is -0.495 e. The van der Waals surface area contributed by atoms with E-state index in [9.17, 15) is 19.2 Å². The van der Waals surface area contributed by atoms with E-state index >= 15 is 0 Å². The fourth-order valence-electron chi connectivity index (χ4n) is 5.69. The number of carbonyl (C=O) groups excluding carboxylic acids is 4. The van der Waals surface area contributed by atoms with E-state index in [1.165, 1.54) is 13.2 Å². The number of cyclic esters (lactones) is 2. The molecule has 48 heavy (non-hydrogen) atoms. The van der Waals surface area contributed by atoms with E-state index in [0.717, 1.165) is 11.1 Å². The maximum Gasteiger partial charge on any atom is 0.347 e. The fraction of sp³-hybridized carbons (Fsp3) is 0.500. The monoisotopic (exact) mass is 702 g/mol. The fourth-order valence-corrected chi connectivity index (χ4v) is 6.19. The van der Waals surface area contributed by atoms with Crippen LogP contribution in [0.15, 0.2) is 48.6 Å². The predicted octanol–water partition coefficient (Wildman–Crippen LogP) is 5.70. The van der Waals surface area contributed by atoms with Crippen molar-refractivity contribution in [3.8, 4) is 5.75 Å². The first-order valence-electron chi connectivity index (χ1n) is 16.2. The van der Waals surface area contributed by atoms with E-state index in [0.29, 0.717) is 21.4 Å². The van der Waals surface area contributed by atoms with Gasteiger partial charge < -0.3 is 29.6 Å². The first kappa shape index (κ1) is 37.2. The molecule has 0 radical (unpaired) electrons. The summed E-state index contributed by atoms with van der Waals surface area (Å²) in [4.78, 5) is 53.2. The third-order valence-electron chi connectivity index (χ3n) is 8.55. The Morgan fingerprint density at radius 3 is 2.42 bits per heavy atom. The van der Waals surface area contributed by atoms with E-state index in [4.69, 9.17) is 42.1 Å². The SMILES string of the molecule is COc1ccc(C[C@H]2NC(=O)/C=C/C[C@@H]([C@H](C)[C@H]3OC3c3ccc(Cl)cc3C)OC(=O)[C@H](CC(C)C)OC(=O)[C@H](C)CNC2=O)cc1Cl. The van der Waals surface area contributed by atoms with E-state index in [2.05, 4.69) is 10.6 Å². The van der Waals surface area contributed by atoms with Crippen molar-refractivity contribution >= 4 is 47.0 Å². The molecule has 0 spiro atoms. The number of carbonyl (C=O) groups is 4. The van der Waals surface area contributed by atoms with Crippen LogP contribution in [0.4, 0.5) is 0 Å². The Bertz CT molecular complexity index is 1530. The lowest BCUT2D eigenvalue weighted by molar-refractivity contribution is -0.176. The second-order valence-corrected chi connectivity index (χ2v) is 13.8. The van der Waals surface area contributed by atoms with Gasteiger partial charge in [-0.3, -0.25) is 14.4 Å². The van der Waals surface area contributed by atoms with Crippen LogP contribution < -0.4 is 15.4 Å². The summed E-state index contributed by atoms with van der Waals surface area (Å²) in [6.07, 6.45) is 1.17. The Hall–Kier alpha value is -3.60. The number of benzene rings is 2. The molecule has 7 atom stereocenters. The Morgan fingerprint density at radius 2 is 1.75 bits per heavy atom. The Morgan fingerprint density at radius 1 is 1.00 bits per heavy atom. The van der Waals surface area contributed by atoms with Crippen LogP contribution in [0.1, 0.15) is 63.3 Å². The second-order valence-electron chi connectivity index (χ2n) is 12.9. The van der Waals surface area contributed by atoms with E-state index in [1.54, 1.807) is 31.2 Å². The minimum atomic E-state index is -1.15. The van der Waals surface area contributed by atoms with Crippen LogP contribution in [0.2, 0.25) is 10.0 Å². The van der Waals surface area contributed by atoms with Crippen LogP contribution in [-0.2, 0) is 39.8 Å². The van der Waals surface area contributed by atoms with Crippen LogP contribution in [-0.4, -0.2) is 61.8 Å². The molecule has 2 aromatic rings. The number of rotatable bonds is 8. The quantitative estimate of drug-likeness (QED) is 0.265. The smallest absolute Gasteiger partial charge is 0.347 e. The van der Waals surface area contributed by atoms with Gasteiger partial charge in [-0.1, -0.05) is 69.1 Å². The van der Waals surface area contributed by atoms with Crippen molar-refractivity contribution in [3.63, 3.8) is 0 Å². The third kappa shape index (κ3) is 9.96. The molecular formula is C36H44Cl2N2O8. The molecule has 0 aromatic heterocycles. The van der Waals surface area contributed by atoms with Gasteiger partial charge in [0.1, 0.15) is 24.0 Å². The topological polar surface area (TPSA) is 133 Å². The summed E-state index contributed by atoms with van der Waals surface area (Å²) in [5.74, 6) is -2.90. The molecule has 2 N–H and O–H groups in total. The third-order valence-corrected chi connectivity index (χ3v) is 9.08. The van der Waals surface area contributed by atoms with Gasteiger partial charge in [-0.15, -0.1) is 0 Å². The number of esters is 2. The zero-order valence-electron chi connectivity index (χ0n) is 28.1. The first-order chi connectivity index (χ1) is 22.8. The highest BCUT2D eigenvalue weighted by molar-refractivity contribution is 6.32. The second kappa shape index (κ2) is 16.7. The molecule has 1 saturated heterocycles. The molecule has 0 saturated carbocycles. The number of nitrogens with one attached hydrogen (secondary N) is 2. The highest BCUT2D eigenvalue weighted by atomic mass is 35.5. The summed E-state index contributed by atoms with van der Waals surface area (Å²) < 4.78 is 23.0. The molecular weight excluding hydrogens is 659 g/mol. The van der Waals surface area contributed by atoms with E-state index in [-0.39, 0.29) is 49.9 Å².